The molecule has 0 spiro atoms. The van der Waals surface area contributed by atoms with Crippen LogP contribution in [0.3, 0.4) is 0 Å². The van der Waals surface area contributed by atoms with Gasteiger partial charge in [0.1, 0.15) is 5.69 Å². The van der Waals surface area contributed by atoms with Gasteiger partial charge in [0, 0.05) is 36.2 Å². The summed E-state index contributed by atoms with van der Waals surface area (Å²) >= 11 is 0. The number of amides is 1. The fourth-order valence-corrected chi connectivity index (χ4v) is 4.34. The first-order chi connectivity index (χ1) is 19.4. The Morgan fingerprint density at radius 3 is 2.30 bits per heavy atom. The van der Waals surface area contributed by atoms with Crippen molar-refractivity contribution in [3.8, 4) is 22.6 Å². The molecule has 2 N–H and O–H groups in total. The summed E-state index contributed by atoms with van der Waals surface area (Å²) in [6.45, 7) is 0. The molecule has 0 fully saturated rings. The van der Waals surface area contributed by atoms with Crippen LogP contribution in [-0.4, -0.2) is 44.3 Å². The lowest BCUT2D eigenvalue weighted by Crippen LogP contribution is -2.18. The number of anilines is 1. The van der Waals surface area contributed by atoms with Crippen LogP contribution >= 0.6 is 0 Å². The topological polar surface area (TPSA) is 96.0 Å². The molecule has 0 unspecified atom stereocenters. The number of aromatic nitrogens is 1. The summed E-state index contributed by atoms with van der Waals surface area (Å²) in [5.41, 5.74) is 7.72. The molecule has 0 saturated heterocycles. The van der Waals surface area contributed by atoms with Crippen molar-refractivity contribution in [2.24, 2.45) is 5.10 Å². The molecule has 0 saturated carbocycles. The molecule has 5 rings (SSSR count). The summed E-state index contributed by atoms with van der Waals surface area (Å²) in [7, 11) is 5.45. The van der Waals surface area contributed by atoms with Crippen molar-refractivity contribution in [2.75, 3.05) is 26.1 Å². The van der Waals surface area contributed by atoms with Gasteiger partial charge < -0.3 is 19.4 Å². The lowest BCUT2D eigenvalue weighted by Gasteiger charge is -2.12. The van der Waals surface area contributed by atoms with Crippen LogP contribution in [0.4, 0.5) is 5.69 Å². The van der Waals surface area contributed by atoms with Gasteiger partial charge in [-0.15, -0.1) is 0 Å². The highest BCUT2D eigenvalue weighted by Crippen LogP contribution is 2.34. The van der Waals surface area contributed by atoms with E-state index in [1.807, 2.05) is 67.5 Å². The number of carbonyl (C=O) groups is 2. The summed E-state index contributed by atoms with van der Waals surface area (Å²) in [6, 6.07) is 29.5. The number of esters is 1. The molecule has 5 aromatic rings. The van der Waals surface area contributed by atoms with E-state index in [2.05, 4.69) is 21.6 Å². The number of nitrogens with one attached hydrogen (secondary N) is 2. The zero-order valence-electron chi connectivity index (χ0n) is 22.3. The first kappa shape index (κ1) is 26.2. The van der Waals surface area contributed by atoms with E-state index < -0.39 is 5.97 Å². The summed E-state index contributed by atoms with van der Waals surface area (Å²) < 4.78 is 10.9. The molecular formula is C32H28N4O4. The highest BCUT2D eigenvalue weighted by atomic mass is 16.6. The van der Waals surface area contributed by atoms with Crippen LogP contribution in [0, 0.1) is 0 Å². The fraction of sp³-hybridized carbons (Fsp3) is 0.0938. The minimum atomic E-state index is -0.488. The fourth-order valence-electron chi connectivity index (χ4n) is 4.34. The maximum atomic E-state index is 13.3. The second kappa shape index (κ2) is 11.6. The molecule has 0 aliphatic heterocycles. The Labute approximate surface area is 231 Å². The second-order valence-corrected chi connectivity index (χ2v) is 9.23. The zero-order valence-corrected chi connectivity index (χ0v) is 22.3. The number of H-pyrrole nitrogens is 1. The van der Waals surface area contributed by atoms with Gasteiger partial charge in [-0.25, -0.2) is 10.2 Å². The maximum Gasteiger partial charge on any atom is 0.343 e. The van der Waals surface area contributed by atoms with Crippen LogP contribution < -0.4 is 19.8 Å². The molecule has 1 heterocycles. The number of methoxy groups -OCH3 is 1. The van der Waals surface area contributed by atoms with Crippen LogP contribution in [0.25, 0.3) is 22.0 Å². The average Bonchev–Trinajstić information content (AvgIpc) is 3.37. The highest BCUT2D eigenvalue weighted by molar-refractivity contribution is 6.10. The zero-order chi connectivity index (χ0) is 28.1. The standard InChI is InChI=1S/C32H28N4O4/c1-36(2)24-15-16-26-25(19-24)29(22-10-6-4-7-11-22)30(34-26)31(37)35-33-20-21-14-17-27(28(18-21)39-3)40-32(38)23-12-8-5-9-13-23/h4-20,34H,1-3H3,(H,35,37). The minimum Gasteiger partial charge on any atom is -0.493 e. The third-order valence-electron chi connectivity index (χ3n) is 6.37. The van der Waals surface area contributed by atoms with Crippen molar-refractivity contribution in [3.05, 3.63) is 114 Å². The summed E-state index contributed by atoms with van der Waals surface area (Å²) in [4.78, 5) is 31.0. The molecule has 4 aromatic carbocycles. The molecule has 0 atom stereocenters. The Balaban J connectivity index is 1.37. The van der Waals surface area contributed by atoms with Gasteiger partial charge in [0.15, 0.2) is 11.5 Å². The van der Waals surface area contributed by atoms with Crippen LogP contribution in [0.1, 0.15) is 26.4 Å². The molecular weight excluding hydrogens is 504 g/mol. The Bertz CT molecular complexity index is 1690. The van der Waals surface area contributed by atoms with E-state index in [-0.39, 0.29) is 11.7 Å². The molecule has 0 aliphatic rings. The number of hydrazone groups is 1. The van der Waals surface area contributed by atoms with Crippen molar-refractivity contribution >= 4 is 34.7 Å². The number of fused-ring (bicyclic) bond motifs is 1. The Kier molecular flexibility index (Phi) is 7.59. The van der Waals surface area contributed by atoms with E-state index in [1.165, 1.54) is 13.3 Å². The average molecular weight is 533 g/mol. The summed E-state index contributed by atoms with van der Waals surface area (Å²) in [5, 5.41) is 5.11. The Morgan fingerprint density at radius 2 is 1.60 bits per heavy atom. The van der Waals surface area contributed by atoms with E-state index in [0.717, 1.165) is 27.7 Å². The largest absolute Gasteiger partial charge is 0.493 e. The van der Waals surface area contributed by atoms with Crippen molar-refractivity contribution in [1.29, 1.82) is 0 Å². The molecule has 8 nitrogen and oxygen atoms in total. The van der Waals surface area contributed by atoms with E-state index in [4.69, 9.17) is 9.47 Å². The van der Waals surface area contributed by atoms with Gasteiger partial charge >= 0.3 is 5.97 Å². The molecule has 200 valence electrons. The van der Waals surface area contributed by atoms with Gasteiger partial charge in [-0.2, -0.15) is 5.10 Å². The van der Waals surface area contributed by atoms with Crippen LogP contribution in [0.15, 0.2) is 102 Å². The van der Waals surface area contributed by atoms with Gasteiger partial charge in [-0.05, 0) is 59.7 Å². The number of hydrogen-bond acceptors (Lipinski definition) is 6. The van der Waals surface area contributed by atoms with Gasteiger partial charge in [-0.1, -0.05) is 48.5 Å². The third kappa shape index (κ3) is 5.56. The highest BCUT2D eigenvalue weighted by Gasteiger charge is 2.20. The Hall–Kier alpha value is -5.37. The molecule has 0 bridgehead atoms. The van der Waals surface area contributed by atoms with Crippen LogP contribution in [0.5, 0.6) is 11.5 Å². The van der Waals surface area contributed by atoms with Crippen molar-refractivity contribution in [2.45, 2.75) is 0 Å². The predicted molar refractivity (Wildman–Crippen MR) is 158 cm³/mol. The van der Waals surface area contributed by atoms with Gasteiger partial charge in [-0.3, -0.25) is 4.79 Å². The van der Waals surface area contributed by atoms with E-state index in [0.29, 0.717) is 22.6 Å². The number of benzene rings is 4. The number of aromatic amines is 1. The van der Waals surface area contributed by atoms with Gasteiger partial charge in [0.05, 0.1) is 18.9 Å². The van der Waals surface area contributed by atoms with E-state index >= 15 is 0 Å². The van der Waals surface area contributed by atoms with Crippen molar-refractivity contribution in [1.82, 2.24) is 10.4 Å². The van der Waals surface area contributed by atoms with E-state index in [9.17, 15) is 9.59 Å². The normalized spacial score (nSPS) is 11.0. The number of carbonyl (C=O) groups excluding carboxylic acids is 2. The first-order valence-corrected chi connectivity index (χ1v) is 12.6. The first-order valence-electron chi connectivity index (χ1n) is 12.6. The predicted octanol–water partition coefficient (Wildman–Crippen LogP) is 5.89. The molecule has 1 aromatic heterocycles. The summed E-state index contributed by atoms with van der Waals surface area (Å²) in [6.07, 6.45) is 1.50. The second-order valence-electron chi connectivity index (χ2n) is 9.23. The van der Waals surface area contributed by atoms with Gasteiger partial charge in [0.2, 0.25) is 0 Å². The van der Waals surface area contributed by atoms with Crippen molar-refractivity contribution < 1.29 is 19.1 Å². The molecule has 40 heavy (non-hydrogen) atoms. The number of nitrogens with zero attached hydrogens (tertiary/aromatic N) is 2. The minimum absolute atomic E-state index is 0.278. The van der Waals surface area contributed by atoms with Crippen molar-refractivity contribution in [3.63, 3.8) is 0 Å². The maximum absolute atomic E-state index is 13.3. The van der Waals surface area contributed by atoms with Crippen LogP contribution in [-0.2, 0) is 0 Å². The molecule has 1 amide bonds. The van der Waals surface area contributed by atoms with Crippen LogP contribution in [0.2, 0.25) is 0 Å². The van der Waals surface area contributed by atoms with E-state index in [1.54, 1.807) is 42.5 Å². The Morgan fingerprint density at radius 1 is 0.875 bits per heavy atom. The SMILES string of the molecule is COc1cc(C=NNC(=O)c2[nH]c3ccc(N(C)C)cc3c2-c2ccccc2)ccc1OC(=O)c1ccccc1. The molecule has 0 radical (unpaired) electrons. The molecule has 8 heteroatoms. The smallest absolute Gasteiger partial charge is 0.343 e. The molecule has 0 aliphatic carbocycles. The summed E-state index contributed by atoms with van der Waals surface area (Å²) in [5.74, 6) is -0.227. The third-order valence-corrected chi connectivity index (χ3v) is 6.37. The number of hydrogen-bond donors (Lipinski definition) is 2. The lowest BCUT2D eigenvalue weighted by atomic mass is 10.0. The van der Waals surface area contributed by atoms with Gasteiger partial charge in [0.25, 0.3) is 5.91 Å². The lowest BCUT2D eigenvalue weighted by molar-refractivity contribution is 0.0729. The monoisotopic (exact) mass is 532 g/mol. The number of ether oxygens (including phenoxy) is 2. The quantitative estimate of drug-likeness (QED) is 0.112. The number of rotatable bonds is 8.